The lowest BCUT2D eigenvalue weighted by Crippen LogP contribution is -2.30. The first kappa shape index (κ1) is 16.5. The van der Waals surface area contributed by atoms with E-state index in [0.717, 1.165) is 18.9 Å². The molecule has 114 valence electrons. The molecule has 0 unspecified atom stereocenters. The number of nitrogens with zero attached hydrogens (tertiary/aromatic N) is 2. The summed E-state index contributed by atoms with van der Waals surface area (Å²) in [5, 5.41) is 5.79. The van der Waals surface area contributed by atoms with E-state index in [9.17, 15) is 13.2 Å². The number of halogens is 3. The van der Waals surface area contributed by atoms with E-state index in [2.05, 4.69) is 20.6 Å². The van der Waals surface area contributed by atoms with Crippen molar-refractivity contribution < 1.29 is 13.2 Å². The zero-order chi connectivity index (χ0) is 15.4. The van der Waals surface area contributed by atoms with Gasteiger partial charge in [-0.2, -0.15) is 18.2 Å². The standard InChI is InChI=1S/C13H21F3N4/c1-5-7-17-11-18-9(13(14,15)16)8-10(19-11)20-12(3,4)6-2/h8H,5-7H2,1-4H3,(H2,17,18,19,20). The average Bonchev–Trinajstić information content (AvgIpc) is 2.34. The predicted octanol–water partition coefficient (Wildman–Crippen LogP) is 3.92. The van der Waals surface area contributed by atoms with Gasteiger partial charge in [0.25, 0.3) is 0 Å². The van der Waals surface area contributed by atoms with Crippen molar-refractivity contribution in [2.75, 3.05) is 17.2 Å². The third-order valence-electron chi connectivity index (χ3n) is 2.90. The minimum Gasteiger partial charge on any atom is -0.365 e. The van der Waals surface area contributed by atoms with Gasteiger partial charge in [0.05, 0.1) is 0 Å². The van der Waals surface area contributed by atoms with Crippen LogP contribution in [0, 0.1) is 0 Å². The normalized spacial score (nSPS) is 12.3. The zero-order valence-corrected chi connectivity index (χ0v) is 12.2. The molecule has 0 saturated heterocycles. The van der Waals surface area contributed by atoms with Crippen molar-refractivity contribution in [2.45, 2.75) is 52.3 Å². The maximum Gasteiger partial charge on any atom is 0.433 e. The minimum absolute atomic E-state index is 0.00363. The second-order valence-corrected chi connectivity index (χ2v) is 5.25. The molecule has 0 bridgehead atoms. The van der Waals surface area contributed by atoms with E-state index in [4.69, 9.17) is 0 Å². The second-order valence-electron chi connectivity index (χ2n) is 5.25. The molecule has 1 heterocycles. The molecule has 0 saturated carbocycles. The van der Waals surface area contributed by atoms with Gasteiger partial charge in [0.15, 0.2) is 5.69 Å². The number of rotatable bonds is 6. The summed E-state index contributed by atoms with van der Waals surface area (Å²) in [5.74, 6) is 0.175. The largest absolute Gasteiger partial charge is 0.433 e. The highest BCUT2D eigenvalue weighted by Crippen LogP contribution is 2.30. The van der Waals surface area contributed by atoms with Gasteiger partial charge in [-0.1, -0.05) is 13.8 Å². The number of nitrogens with one attached hydrogen (secondary N) is 2. The van der Waals surface area contributed by atoms with Gasteiger partial charge in [0.2, 0.25) is 5.95 Å². The molecule has 0 amide bonds. The first-order chi connectivity index (χ1) is 9.18. The Bertz CT molecular complexity index is 444. The van der Waals surface area contributed by atoms with Gasteiger partial charge in [0, 0.05) is 18.2 Å². The Hall–Kier alpha value is -1.53. The third kappa shape index (κ3) is 4.86. The molecular weight excluding hydrogens is 269 g/mol. The highest BCUT2D eigenvalue weighted by atomic mass is 19.4. The van der Waals surface area contributed by atoms with Gasteiger partial charge < -0.3 is 10.6 Å². The molecule has 0 aliphatic heterocycles. The Morgan fingerprint density at radius 3 is 2.30 bits per heavy atom. The first-order valence-electron chi connectivity index (χ1n) is 6.66. The van der Waals surface area contributed by atoms with Gasteiger partial charge in [0.1, 0.15) is 5.82 Å². The van der Waals surface area contributed by atoms with E-state index >= 15 is 0 Å². The number of aromatic nitrogens is 2. The maximum absolute atomic E-state index is 12.8. The van der Waals surface area contributed by atoms with Crippen LogP contribution in [0.1, 0.15) is 46.2 Å². The van der Waals surface area contributed by atoms with Gasteiger partial charge in [-0.15, -0.1) is 0 Å². The topological polar surface area (TPSA) is 49.8 Å². The van der Waals surface area contributed by atoms with Crippen molar-refractivity contribution in [1.82, 2.24) is 9.97 Å². The lowest BCUT2D eigenvalue weighted by molar-refractivity contribution is -0.141. The maximum atomic E-state index is 12.8. The molecule has 2 N–H and O–H groups in total. The molecule has 0 aromatic carbocycles. The Morgan fingerprint density at radius 2 is 1.80 bits per heavy atom. The van der Waals surface area contributed by atoms with E-state index < -0.39 is 11.9 Å². The number of alkyl halides is 3. The fourth-order valence-electron chi connectivity index (χ4n) is 1.41. The molecule has 4 nitrogen and oxygen atoms in total. The van der Waals surface area contributed by atoms with Gasteiger partial charge >= 0.3 is 6.18 Å². The Kier molecular flexibility index (Phi) is 5.19. The van der Waals surface area contributed by atoms with E-state index in [0.29, 0.717) is 6.54 Å². The average molecular weight is 290 g/mol. The summed E-state index contributed by atoms with van der Waals surface area (Å²) in [4.78, 5) is 7.60. The van der Waals surface area contributed by atoms with Crippen LogP contribution < -0.4 is 10.6 Å². The van der Waals surface area contributed by atoms with Gasteiger partial charge in [-0.05, 0) is 26.7 Å². The van der Waals surface area contributed by atoms with Crippen molar-refractivity contribution in [3.8, 4) is 0 Å². The number of hydrogen-bond donors (Lipinski definition) is 2. The monoisotopic (exact) mass is 290 g/mol. The SMILES string of the molecule is CCCNc1nc(NC(C)(C)CC)cc(C(F)(F)F)n1. The molecule has 0 aliphatic carbocycles. The molecule has 1 aromatic rings. The van der Waals surface area contributed by atoms with Crippen molar-refractivity contribution >= 4 is 11.8 Å². The smallest absolute Gasteiger partial charge is 0.365 e. The fraction of sp³-hybridized carbons (Fsp3) is 0.692. The highest BCUT2D eigenvalue weighted by Gasteiger charge is 2.34. The summed E-state index contributed by atoms with van der Waals surface area (Å²) in [6, 6.07) is 0.939. The molecule has 1 rings (SSSR count). The van der Waals surface area contributed by atoms with Crippen LogP contribution in [0.25, 0.3) is 0 Å². The van der Waals surface area contributed by atoms with Crippen LogP contribution in [0.5, 0.6) is 0 Å². The van der Waals surface area contributed by atoms with Crippen molar-refractivity contribution in [3.05, 3.63) is 11.8 Å². The lowest BCUT2D eigenvalue weighted by Gasteiger charge is -2.25. The Morgan fingerprint density at radius 1 is 1.15 bits per heavy atom. The van der Waals surface area contributed by atoms with Crippen LogP contribution in [0.4, 0.5) is 24.9 Å². The number of anilines is 2. The molecule has 0 radical (unpaired) electrons. The first-order valence-corrected chi connectivity index (χ1v) is 6.66. The molecular formula is C13H21F3N4. The summed E-state index contributed by atoms with van der Waals surface area (Å²) in [6.07, 6.45) is -2.95. The van der Waals surface area contributed by atoms with E-state index in [-0.39, 0.29) is 17.3 Å². The van der Waals surface area contributed by atoms with Crippen molar-refractivity contribution in [1.29, 1.82) is 0 Å². The van der Waals surface area contributed by atoms with Crippen LogP contribution in [0.3, 0.4) is 0 Å². The van der Waals surface area contributed by atoms with E-state index in [1.807, 2.05) is 27.7 Å². The molecule has 7 heteroatoms. The number of hydrogen-bond acceptors (Lipinski definition) is 4. The molecule has 0 atom stereocenters. The van der Waals surface area contributed by atoms with Crippen molar-refractivity contribution in [2.24, 2.45) is 0 Å². The van der Waals surface area contributed by atoms with E-state index in [1.165, 1.54) is 0 Å². The Labute approximate surface area is 117 Å². The van der Waals surface area contributed by atoms with Crippen LogP contribution in [-0.2, 0) is 6.18 Å². The zero-order valence-electron chi connectivity index (χ0n) is 12.2. The van der Waals surface area contributed by atoms with Crippen LogP contribution in [-0.4, -0.2) is 22.1 Å². The van der Waals surface area contributed by atoms with Gasteiger partial charge in [-0.25, -0.2) is 4.98 Å². The molecule has 20 heavy (non-hydrogen) atoms. The predicted molar refractivity (Wildman–Crippen MR) is 73.8 cm³/mol. The lowest BCUT2D eigenvalue weighted by atomic mass is 10.0. The third-order valence-corrected chi connectivity index (χ3v) is 2.90. The highest BCUT2D eigenvalue weighted by molar-refractivity contribution is 5.44. The summed E-state index contributed by atoms with van der Waals surface area (Å²) in [6.45, 7) is 8.20. The van der Waals surface area contributed by atoms with Crippen LogP contribution in [0.2, 0.25) is 0 Å². The molecule has 0 aliphatic rings. The molecule has 0 spiro atoms. The Balaban J connectivity index is 3.10. The van der Waals surface area contributed by atoms with Crippen LogP contribution in [0.15, 0.2) is 6.07 Å². The second kappa shape index (κ2) is 6.28. The van der Waals surface area contributed by atoms with E-state index in [1.54, 1.807) is 0 Å². The van der Waals surface area contributed by atoms with Crippen molar-refractivity contribution in [3.63, 3.8) is 0 Å². The fourth-order valence-corrected chi connectivity index (χ4v) is 1.41. The summed E-state index contributed by atoms with van der Waals surface area (Å²) >= 11 is 0. The molecule has 1 aromatic heterocycles. The summed E-state index contributed by atoms with van der Waals surface area (Å²) in [5.41, 5.74) is -1.28. The summed E-state index contributed by atoms with van der Waals surface area (Å²) < 4.78 is 38.5. The van der Waals surface area contributed by atoms with Gasteiger partial charge in [-0.3, -0.25) is 0 Å². The van der Waals surface area contributed by atoms with Crippen LogP contribution >= 0.6 is 0 Å². The summed E-state index contributed by atoms with van der Waals surface area (Å²) in [7, 11) is 0. The molecule has 0 fully saturated rings. The quantitative estimate of drug-likeness (QED) is 0.833. The minimum atomic E-state index is -4.49.